The fraction of sp³-hybridized carbons (Fsp3) is 0. The fourth-order valence-electron chi connectivity index (χ4n) is 10.6. The summed E-state index contributed by atoms with van der Waals surface area (Å²) in [4.78, 5) is 11.0. The molecule has 0 N–H and O–H groups in total. The van der Waals surface area contributed by atoms with Crippen LogP contribution >= 0.6 is 0 Å². The van der Waals surface area contributed by atoms with Crippen molar-refractivity contribution in [1.82, 2.24) is 14.5 Å². The Morgan fingerprint density at radius 1 is 0.348 bits per heavy atom. The molecule has 5 aromatic heterocycles. The van der Waals surface area contributed by atoms with Crippen LogP contribution in [0.1, 0.15) is 0 Å². The van der Waals surface area contributed by atoms with Crippen molar-refractivity contribution in [2.45, 2.75) is 0 Å². The quantitative estimate of drug-likeness (QED) is 0.176. The van der Waals surface area contributed by atoms with Gasteiger partial charge in [-0.3, -0.25) is 0 Å². The van der Waals surface area contributed by atoms with Crippen LogP contribution in [-0.4, -0.2) is 14.5 Å². The Morgan fingerprint density at radius 3 is 1.88 bits per heavy atom. The molecule has 0 unspecified atom stereocenters. The SMILES string of the molecule is c1ccc(-c2ccc3oc4c(-c5cccc6oc7ccccc7c56)nc(-c5ccc(-n6c7ccccc7c7cc8ccccc8cc76)c6c5oc5cc7ccccc7cc56)nc4c3c2)cc1. The van der Waals surface area contributed by atoms with Gasteiger partial charge in [0.25, 0.3) is 0 Å². The van der Waals surface area contributed by atoms with Crippen LogP contribution in [0.5, 0.6) is 0 Å². The average molecular weight is 844 g/mol. The van der Waals surface area contributed by atoms with E-state index in [4.69, 9.17) is 23.2 Å². The van der Waals surface area contributed by atoms with Gasteiger partial charge < -0.3 is 17.8 Å². The molecule has 0 saturated carbocycles. The topological polar surface area (TPSA) is 70.1 Å². The summed E-state index contributed by atoms with van der Waals surface area (Å²) in [6.45, 7) is 0. The van der Waals surface area contributed by atoms with Gasteiger partial charge in [0.15, 0.2) is 11.4 Å². The van der Waals surface area contributed by atoms with E-state index in [0.717, 1.165) is 105 Å². The third kappa shape index (κ3) is 5.01. The van der Waals surface area contributed by atoms with Crippen LogP contribution in [0, 0.1) is 0 Å². The normalized spacial score (nSPS) is 12.2. The Balaban J connectivity index is 1.07. The maximum atomic E-state index is 7.17. The van der Waals surface area contributed by atoms with Gasteiger partial charge in [-0.15, -0.1) is 0 Å². The first-order chi connectivity index (χ1) is 32.7. The molecule has 0 spiro atoms. The Hall–Kier alpha value is -9.00. The van der Waals surface area contributed by atoms with Crippen molar-refractivity contribution in [3.63, 3.8) is 0 Å². The number of nitrogens with zero attached hydrogens (tertiary/aromatic N) is 3. The average Bonchev–Trinajstić information content (AvgIpc) is 4.13. The number of rotatable bonds is 4. The van der Waals surface area contributed by atoms with Gasteiger partial charge in [-0.25, -0.2) is 9.97 Å². The standard InChI is InChI=1S/C60H33N3O3/c1-2-13-34(14-3-1)39-25-28-51-46(31-39)57-59(65-51)56(42-21-12-24-52-54(42)41-20-9-11-23-50(41)64-52)61-60(62-57)43-26-27-48(55-45-30-36-16-5-7-18-38(36)33-53(45)66-58(43)55)63-47-22-10-8-19-40(47)44-29-35-15-4-6-17-37(35)32-49(44)63/h1-33H. The first-order valence-electron chi connectivity index (χ1n) is 22.2. The largest absolute Gasteiger partial charge is 0.456 e. The van der Waals surface area contributed by atoms with Gasteiger partial charge in [-0.2, -0.15) is 0 Å². The molecule has 0 aliphatic carbocycles. The number of furan rings is 3. The van der Waals surface area contributed by atoms with Crippen molar-refractivity contribution in [2.24, 2.45) is 0 Å². The molecule has 0 bridgehead atoms. The highest BCUT2D eigenvalue weighted by atomic mass is 16.3. The van der Waals surface area contributed by atoms with E-state index in [1.165, 1.54) is 21.5 Å². The Kier molecular flexibility index (Phi) is 7.13. The maximum Gasteiger partial charge on any atom is 0.180 e. The minimum atomic E-state index is 0.531. The van der Waals surface area contributed by atoms with Crippen LogP contribution in [0.4, 0.5) is 0 Å². The second-order valence-electron chi connectivity index (χ2n) is 17.2. The fourth-order valence-corrected chi connectivity index (χ4v) is 10.6. The summed E-state index contributed by atoms with van der Waals surface area (Å²) in [5.41, 5.74) is 13.0. The Morgan fingerprint density at radius 2 is 1.03 bits per heavy atom. The lowest BCUT2D eigenvalue weighted by Gasteiger charge is -2.13. The molecule has 10 aromatic carbocycles. The molecule has 6 nitrogen and oxygen atoms in total. The second kappa shape index (κ2) is 13.3. The molecular weight excluding hydrogens is 811 g/mol. The molecule has 66 heavy (non-hydrogen) atoms. The van der Waals surface area contributed by atoms with Crippen LogP contribution in [0.25, 0.3) is 149 Å². The van der Waals surface area contributed by atoms with Gasteiger partial charge >= 0.3 is 0 Å². The predicted molar refractivity (Wildman–Crippen MR) is 270 cm³/mol. The first kappa shape index (κ1) is 35.5. The summed E-state index contributed by atoms with van der Waals surface area (Å²) >= 11 is 0. The Bertz CT molecular complexity index is 4530. The van der Waals surface area contributed by atoms with Crippen LogP contribution in [-0.2, 0) is 0 Å². The van der Waals surface area contributed by atoms with Gasteiger partial charge in [-0.1, -0.05) is 133 Å². The molecule has 15 aromatic rings. The summed E-state index contributed by atoms with van der Waals surface area (Å²) in [6.07, 6.45) is 0. The molecule has 0 aliphatic rings. The van der Waals surface area contributed by atoms with Crippen molar-refractivity contribution in [2.75, 3.05) is 0 Å². The number of hydrogen-bond donors (Lipinski definition) is 0. The molecule has 306 valence electrons. The summed E-state index contributed by atoms with van der Waals surface area (Å²) in [5.74, 6) is 0.531. The highest BCUT2D eigenvalue weighted by Crippen LogP contribution is 2.46. The van der Waals surface area contributed by atoms with E-state index >= 15 is 0 Å². The molecule has 0 saturated heterocycles. The minimum absolute atomic E-state index is 0.531. The second-order valence-corrected chi connectivity index (χ2v) is 17.2. The number of para-hydroxylation sites is 2. The molecule has 0 aliphatic heterocycles. The predicted octanol–water partition coefficient (Wildman–Crippen LogP) is 16.6. The van der Waals surface area contributed by atoms with Gasteiger partial charge in [0.2, 0.25) is 0 Å². The van der Waals surface area contributed by atoms with Crippen molar-refractivity contribution < 1.29 is 13.3 Å². The van der Waals surface area contributed by atoms with E-state index in [0.29, 0.717) is 22.7 Å². The van der Waals surface area contributed by atoms with E-state index in [1.54, 1.807) is 0 Å². The van der Waals surface area contributed by atoms with Crippen LogP contribution in [0.2, 0.25) is 0 Å². The zero-order chi connectivity index (χ0) is 43.0. The molecule has 0 atom stereocenters. The van der Waals surface area contributed by atoms with Crippen molar-refractivity contribution >= 4 is 109 Å². The molecule has 0 fully saturated rings. The van der Waals surface area contributed by atoms with Gasteiger partial charge in [-0.05, 0) is 99.4 Å². The minimum Gasteiger partial charge on any atom is -0.456 e. The van der Waals surface area contributed by atoms with Crippen molar-refractivity contribution in [1.29, 1.82) is 0 Å². The number of hydrogen-bond acceptors (Lipinski definition) is 5. The summed E-state index contributed by atoms with van der Waals surface area (Å²) < 4.78 is 22.8. The van der Waals surface area contributed by atoms with Crippen molar-refractivity contribution in [3.05, 3.63) is 200 Å². The summed E-state index contributed by atoms with van der Waals surface area (Å²) in [7, 11) is 0. The first-order valence-corrected chi connectivity index (χ1v) is 22.2. The van der Waals surface area contributed by atoms with Gasteiger partial charge in [0, 0.05) is 37.9 Å². The lowest BCUT2D eigenvalue weighted by molar-refractivity contribution is 0.666. The molecule has 0 amide bonds. The molecule has 0 radical (unpaired) electrons. The number of fused-ring (bicyclic) bond motifs is 14. The molecule has 15 rings (SSSR count). The lowest BCUT2D eigenvalue weighted by Crippen LogP contribution is -1.98. The van der Waals surface area contributed by atoms with Gasteiger partial charge in [0.1, 0.15) is 39.1 Å². The zero-order valence-electron chi connectivity index (χ0n) is 35.1. The van der Waals surface area contributed by atoms with E-state index in [2.05, 4.69) is 162 Å². The monoisotopic (exact) mass is 843 g/mol. The summed E-state index contributed by atoms with van der Waals surface area (Å²) in [6, 6.07) is 70.2. The van der Waals surface area contributed by atoms with E-state index < -0.39 is 0 Å². The van der Waals surface area contributed by atoms with E-state index in [-0.39, 0.29) is 0 Å². The van der Waals surface area contributed by atoms with Crippen molar-refractivity contribution in [3.8, 4) is 39.5 Å². The molecule has 6 heteroatoms. The zero-order valence-corrected chi connectivity index (χ0v) is 35.1. The van der Waals surface area contributed by atoms with Crippen LogP contribution in [0.3, 0.4) is 0 Å². The molecular formula is C60H33N3O3. The van der Waals surface area contributed by atoms with E-state index in [9.17, 15) is 0 Å². The van der Waals surface area contributed by atoms with Crippen LogP contribution < -0.4 is 0 Å². The Labute approximate surface area is 375 Å². The smallest absolute Gasteiger partial charge is 0.180 e. The van der Waals surface area contributed by atoms with Crippen LogP contribution in [0.15, 0.2) is 213 Å². The number of aromatic nitrogens is 3. The third-order valence-electron chi connectivity index (χ3n) is 13.6. The maximum absolute atomic E-state index is 7.17. The van der Waals surface area contributed by atoms with Gasteiger partial charge in [0.05, 0.1) is 27.7 Å². The summed E-state index contributed by atoms with van der Waals surface area (Å²) in [5, 5.41) is 11.9. The highest BCUT2D eigenvalue weighted by molar-refractivity contribution is 6.21. The molecule has 5 heterocycles. The lowest BCUT2D eigenvalue weighted by atomic mass is 10.0. The highest BCUT2D eigenvalue weighted by Gasteiger charge is 2.26. The number of benzene rings is 10. The third-order valence-corrected chi connectivity index (χ3v) is 13.6. The van der Waals surface area contributed by atoms with E-state index in [1.807, 2.05) is 42.5 Å².